The normalized spacial score (nSPS) is 41.1. The van der Waals surface area contributed by atoms with Gasteiger partial charge in [-0.25, -0.2) is 0 Å². The van der Waals surface area contributed by atoms with Crippen LogP contribution in [0, 0.1) is 28.6 Å². The lowest BCUT2D eigenvalue weighted by molar-refractivity contribution is -0.143. The second-order valence-corrected chi connectivity index (χ2v) is 10.7. The van der Waals surface area contributed by atoms with E-state index in [4.69, 9.17) is 0 Å². The van der Waals surface area contributed by atoms with Crippen molar-refractivity contribution in [3.63, 3.8) is 0 Å². The molecule has 3 nitrogen and oxygen atoms in total. The van der Waals surface area contributed by atoms with Crippen LogP contribution in [-0.4, -0.2) is 15.6 Å². The predicted octanol–water partition coefficient (Wildman–Crippen LogP) is 6.05. The average Bonchev–Trinajstić information content (AvgIpc) is 3.21. The van der Waals surface area contributed by atoms with E-state index in [1.54, 1.807) is 0 Å². The largest absolute Gasteiger partial charge is 0.433 e. The zero-order valence-corrected chi connectivity index (χ0v) is 18.1. The second kappa shape index (κ2) is 6.46. The first-order valence-electron chi connectivity index (χ1n) is 11.4. The van der Waals surface area contributed by atoms with Crippen LogP contribution in [0.2, 0.25) is 0 Å². The minimum absolute atomic E-state index is 0.0143. The minimum atomic E-state index is -4.37. The van der Waals surface area contributed by atoms with Crippen LogP contribution in [-0.2, 0) is 18.0 Å². The number of halogens is 3. The molecule has 3 fully saturated rings. The van der Waals surface area contributed by atoms with E-state index in [0.29, 0.717) is 29.9 Å². The molecule has 0 N–H and O–H groups in total. The lowest BCUT2D eigenvalue weighted by Crippen LogP contribution is -2.50. The maximum atomic E-state index is 13.3. The van der Waals surface area contributed by atoms with Gasteiger partial charge in [-0.05, 0) is 85.7 Å². The third-order valence-electron chi connectivity index (χ3n) is 9.51. The lowest BCUT2D eigenvalue weighted by atomic mass is 9.47. The van der Waals surface area contributed by atoms with E-state index in [1.807, 2.05) is 6.08 Å². The number of carbonyl (C=O) groups excluding carboxylic acids is 1. The first-order chi connectivity index (χ1) is 14.0. The summed E-state index contributed by atoms with van der Waals surface area (Å²) in [6.45, 7) is 4.68. The Kier molecular flexibility index (Phi) is 4.37. The average molecular weight is 421 g/mol. The van der Waals surface area contributed by atoms with E-state index in [-0.39, 0.29) is 22.5 Å². The van der Waals surface area contributed by atoms with Gasteiger partial charge in [-0.15, -0.1) is 0 Å². The number of hydrogen-bond acceptors (Lipinski definition) is 2. The van der Waals surface area contributed by atoms with Crippen molar-refractivity contribution in [2.45, 2.75) is 77.3 Å². The summed E-state index contributed by atoms with van der Waals surface area (Å²) in [5.41, 5.74) is 1.48. The van der Waals surface area contributed by atoms with Crippen molar-refractivity contribution >= 4 is 5.78 Å². The van der Waals surface area contributed by atoms with Crippen molar-refractivity contribution in [1.29, 1.82) is 0 Å². The van der Waals surface area contributed by atoms with Gasteiger partial charge in [0.05, 0.1) is 5.69 Å². The molecule has 5 rings (SSSR count). The van der Waals surface area contributed by atoms with E-state index in [9.17, 15) is 18.0 Å². The maximum absolute atomic E-state index is 13.3. The highest BCUT2D eigenvalue weighted by Crippen LogP contribution is 2.68. The lowest BCUT2D eigenvalue weighted by Gasteiger charge is -2.58. The first-order valence-corrected chi connectivity index (χ1v) is 11.4. The molecule has 30 heavy (non-hydrogen) atoms. The standard InChI is InChI=1S/C24H31F3N2O/c1-22-10-8-15(30)12-14(22)4-5-16-17-6-7-19(23(17,2)11-9-18(16)22)20-13-21(24(25,26)27)29(3)28-20/h12-13,16-19H,4-11H2,1-3H3/t16-,17-,18-,19+,22-,23-/m0/s1. The molecule has 1 heterocycles. The van der Waals surface area contributed by atoms with Crippen LogP contribution in [0.15, 0.2) is 17.7 Å². The molecule has 6 atom stereocenters. The number of rotatable bonds is 1. The van der Waals surface area contributed by atoms with Gasteiger partial charge in [-0.1, -0.05) is 19.4 Å². The van der Waals surface area contributed by atoms with Crippen LogP contribution in [0.1, 0.15) is 82.5 Å². The molecule has 0 unspecified atom stereocenters. The Labute approximate surface area is 176 Å². The Balaban J connectivity index is 1.45. The summed E-state index contributed by atoms with van der Waals surface area (Å²) in [6, 6.07) is 1.29. The smallest absolute Gasteiger partial charge is 0.295 e. The molecule has 0 spiro atoms. The zero-order valence-electron chi connectivity index (χ0n) is 18.1. The molecular weight excluding hydrogens is 389 g/mol. The Morgan fingerprint density at radius 1 is 1.07 bits per heavy atom. The van der Waals surface area contributed by atoms with E-state index < -0.39 is 11.9 Å². The Bertz CT molecular complexity index is 916. The third kappa shape index (κ3) is 2.77. The van der Waals surface area contributed by atoms with Gasteiger partial charge in [0, 0.05) is 19.4 Å². The molecule has 0 radical (unpaired) electrons. The summed E-state index contributed by atoms with van der Waals surface area (Å²) in [7, 11) is 1.40. The summed E-state index contributed by atoms with van der Waals surface area (Å²) in [5.74, 6) is 2.11. The molecule has 1 aromatic heterocycles. The van der Waals surface area contributed by atoms with Crippen LogP contribution in [0.4, 0.5) is 13.2 Å². The molecule has 0 aromatic carbocycles. The molecule has 4 aliphatic carbocycles. The van der Waals surface area contributed by atoms with Crippen molar-refractivity contribution in [2.75, 3.05) is 0 Å². The van der Waals surface area contributed by atoms with Crippen molar-refractivity contribution in [3.8, 4) is 0 Å². The summed E-state index contributed by atoms with van der Waals surface area (Å²) < 4.78 is 41.0. The molecule has 1 aromatic rings. The molecule has 164 valence electrons. The highest BCUT2D eigenvalue weighted by molar-refractivity contribution is 5.91. The molecular formula is C24H31F3N2O. The van der Waals surface area contributed by atoms with Gasteiger partial charge >= 0.3 is 6.18 Å². The fourth-order valence-electron chi connectivity index (χ4n) is 7.97. The van der Waals surface area contributed by atoms with Crippen LogP contribution >= 0.6 is 0 Å². The number of nitrogens with zero attached hydrogens (tertiary/aromatic N) is 2. The molecule has 6 heteroatoms. The predicted molar refractivity (Wildman–Crippen MR) is 108 cm³/mol. The Morgan fingerprint density at radius 2 is 1.83 bits per heavy atom. The highest BCUT2D eigenvalue weighted by Gasteiger charge is 2.59. The van der Waals surface area contributed by atoms with E-state index in [1.165, 1.54) is 18.7 Å². The van der Waals surface area contributed by atoms with E-state index in [0.717, 1.165) is 49.6 Å². The maximum Gasteiger partial charge on any atom is 0.433 e. The third-order valence-corrected chi connectivity index (χ3v) is 9.51. The molecule has 3 saturated carbocycles. The zero-order chi connectivity index (χ0) is 21.5. The summed E-state index contributed by atoms with van der Waals surface area (Å²) in [5, 5.41) is 4.34. The fraction of sp³-hybridized carbons (Fsp3) is 0.750. The molecule has 4 aliphatic rings. The number of carbonyl (C=O) groups is 1. The Hall–Kier alpha value is -1.59. The molecule has 0 saturated heterocycles. The van der Waals surface area contributed by atoms with Gasteiger partial charge in [0.1, 0.15) is 5.69 Å². The van der Waals surface area contributed by atoms with Gasteiger partial charge < -0.3 is 0 Å². The van der Waals surface area contributed by atoms with Gasteiger partial charge in [-0.3, -0.25) is 9.48 Å². The van der Waals surface area contributed by atoms with Crippen molar-refractivity contribution in [3.05, 3.63) is 29.1 Å². The minimum Gasteiger partial charge on any atom is -0.295 e. The monoisotopic (exact) mass is 420 g/mol. The SMILES string of the molecule is Cn1nc([C@H]2CC[C@H]3[C@@H]4CCC5=CC(=O)CC[C@]5(C)[C@H]4CC[C@]23C)cc1C(F)(F)F. The van der Waals surface area contributed by atoms with Crippen LogP contribution < -0.4 is 0 Å². The number of alkyl halides is 3. The number of hydrogen-bond donors (Lipinski definition) is 0. The van der Waals surface area contributed by atoms with Gasteiger partial charge in [0.15, 0.2) is 5.78 Å². The van der Waals surface area contributed by atoms with Gasteiger partial charge in [0.2, 0.25) is 0 Å². The number of allylic oxidation sites excluding steroid dienone is 1. The molecule has 0 amide bonds. The van der Waals surface area contributed by atoms with Crippen molar-refractivity contribution in [1.82, 2.24) is 9.78 Å². The topological polar surface area (TPSA) is 34.9 Å². The van der Waals surface area contributed by atoms with Crippen molar-refractivity contribution < 1.29 is 18.0 Å². The van der Waals surface area contributed by atoms with E-state index >= 15 is 0 Å². The fourth-order valence-corrected chi connectivity index (χ4v) is 7.97. The van der Waals surface area contributed by atoms with Gasteiger partial charge in [0.25, 0.3) is 0 Å². The number of fused-ring (bicyclic) bond motifs is 5. The molecule has 0 aliphatic heterocycles. The summed E-state index contributed by atoms with van der Waals surface area (Å²) >= 11 is 0. The highest BCUT2D eigenvalue weighted by atomic mass is 19.4. The van der Waals surface area contributed by atoms with Crippen LogP contribution in [0.25, 0.3) is 0 Å². The van der Waals surface area contributed by atoms with Gasteiger partial charge in [-0.2, -0.15) is 18.3 Å². The Morgan fingerprint density at radius 3 is 2.53 bits per heavy atom. The number of aromatic nitrogens is 2. The van der Waals surface area contributed by atoms with Crippen LogP contribution in [0.3, 0.4) is 0 Å². The molecule has 0 bridgehead atoms. The quantitative estimate of drug-likeness (QED) is 0.554. The summed E-state index contributed by atoms with van der Waals surface area (Å²) in [6.07, 6.45) is 5.44. The first kappa shape index (κ1) is 20.3. The number of aryl methyl sites for hydroxylation is 1. The van der Waals surface area contributed by atoms with Crippen molar-refractivity contribution in [2.24, 2.45) is 35.6 Å². The van der Waals surface area contributed by atoms with Crippen LogP contribution in [0.5, 0.6) is 0 Å². The second-order valence-electron chi connectivity index (χ2n) is 10.7. The number of ketones is 1. The summed E-state index contributed by atoms with van der Waals surface area (Å²) in [4.78, 5) is 12.0. The van der Waals surface area contributed by atoms with E-state index in [2.05, 4.69) is 18.9 Å².